The smallest absolute Gasteiger partial charge is 0.340 e. The first-order chi connectivity index (χ1) is 10.6. The highest BCUT2D eigenvalue weighted by Gasteiger charge is 2.59. The Hall–Kier alpha value is 0.210. The number of halogens is 5. The summed E-state index contributed by atoms with van der Waals surface area (Å²) in [5.74, 6) is -7.67. The molecule has 0 spiro atoms. The molecular formula is C14H10F2I3O4-. The molecule has 0 radical (unpaired) electrons. The number of aliphatic carboxylic acids is 1. The van der Waals surface area contributed by atoms with Crippen LogP contribution in [0.5, 0.6) is 0 Å². The molecule has 1 saturated carbocycles. The largest absolute Gasteiger partial charge is 0.544 e. The summed E-state index contributed by atoms with van der Waals surface area (Å²) < 4.78 is 35.4. The highest BCUT2D eigenvalue weighted by Crippen LogP contribution is 2.45. The van der Waals surface area contributed by atoms with Crippen LogP contribution in [0.2, 0.25) is 0 Å². The summed E-state index contributed by atoms with van der Waals surface area (Å²) in [7, 11) is 0. The van der Waals surface area contributed by atoms with Gasteiger partial charge in [0.05, 0.1) is 5.56 Å². The van der Waals surface area contributed by atoms with E-state index in [4.69, 9.17) is 4.74 Å². The van der Waals surface area contributed by atoms with Crippen LogP contribution in [-0.4, -0.2) is 23.5 Å². The molecular weight excluding hydrogens is 651 g/mol. The number of esters is 1. The minimum Gasteiger partial charge on any atom is -0.544 e. The first-order valence-electron chi connectivity index (χ1n) is 6.58. The molecule has 1 aliphatic rings. The van der Waals surface area contributed by atoms with Crippen molar-refractivity contribution < 1.29 is 28.2 Å². The zero-order valence-corrected chi connectivity index (χ0v) is 18.0. The summed E-state index contributed by atoms with van der Waals surface area (Å²) >= 11 is 5.97. The van der Waals surface area contributed by atoms with Crippen molar-refractivity contribution >= 4 is 79.7 Å². The van der Waals surface area contributed by atoms with Gasteiger partial charge in [-0.15, -0.1) is 0 Å². The first kappa shape index (κ1) is 19.5. The van der Waals surface area contributed by atoms with Crippen LogP contribution in [-0.2, 0) is 9.53 Å². The van der Waals surface area contributed by atoms with E-state index in [9.17, 15) is 23.5 Å². The zero-order chi connectivity index (χ0) is 17.4. The number of benzene rings is 1. The molecule has 0 aromatic heterocycles. The molecule has 0 aliphatic heterocycles. The number of carbonyl (C=O) groups excluding carboxylic acids is 2. The summed E-state index contributed by atoms with van der Waals surface area (Å²) in [6.07, 6.45) is 0.350. The van der Waals surface area contributed by atoms with E-state index in [1.807, 2.05) is 73.8 Å². The summed E-state index contributed by atoms with van der Waals surface area (Å²) in [6.45, 7) is 0. The van der Waals surface area contributed by atoms with Gasteiger partial charge in [0.2, 0.25) is 0 Å². The average molecular weight is 661 g/mol. The third-order valence-corrected chi connectivity index (χ3v) is 7.41. The highest BCUT2D eigenvalue weighted by atomic mass is 127. The molecule has 4 nitrogen and oxygen atoms in total. The molecule has 1 fully saturated rings. The molecule has 0 saturated heterocycles. The van der Waals surface area contributed by atoms with Crippen LogP contribution >= 0.6 is 67.8 Å². The lowest BCUT2D eigenvalue weighted by molar-refractivity contribution is -0.343. The second-order valence-electron chi connectivity index (χ2n) is 5.20. The van der Waals surface area contributed by atoms with Gasteiger partial charge in [0.1, 0.15) is 5.97 Å². The Morgan fingerprint density at radius 2 is 1.74 bits per heavy atom. The van der Waals surface area contributed by atoms with Gasteiger partial charge in [-0.2, -0.15) is 8.78 Å². The van der Waals surface area contributed by atoms with Crippen LogP contribution in [0.25, 0.3) is 0 Å². The van der Waals surface area contributed by atoms with Gasteiger partial charge in [-0.3, -0.25) is 0 Å². The number of carbonyl (C=O) groups is 2. The molecule has 0 N–H and O–H groups in total. The SMILES string of the molecule is O=C(OC1(C(F)(F)C(=O)[O-])CCCC1)c1cc(I)cc(I)c1I. The Morgan fingerprint density at radius 3 is 2.26 bits per heavy atom. The number of ether oxygens (including phenoxy) is 1. The average Bonchev–Trinajstić information content (AvgIpc) is 2.92. The summed E-state index contributed by atoms with van der Waals surface area (Å²) in [6, 6.07) is 3.37. The molecule has 0 bridgehead atoms. The number of hydrogen-bond acceptors (Lipinski definition) is 4. The molecule has 0 heterocycles. The molecule has 126 valence electrons. The van der Waals surface area contributed by atoms with Gasteiger partial charge in [0, 0.05) is 10.7 Å². The second-order valence-corrected chi connectivity index (χ2v) is 8.69. The molecule has 1 aromatic carbocycles. The molecule has 0 atom stereocenters. The Kier molecular flexibility index (Phi) is 6.13. The minimum atomic E-state index is -4.22. The van der Waals surface area contributed by atoms with Crippen molar-refractivity contribution in [3.63, 3.8) is 0 Å². The van der Waals surface area contributed by atoms with E-state index in [0.717, 1.165) is 7.14 Å². The third kappa shape index (κ3) is 3.75. The predicted octanol–water partition coefficient (Wildman–Crippen LogP) is 3.36. The molecule has 2 rings (SSSR count). The zero-order valence-electron chi connectivity index (χ0n) is 11.5. The summed E-state index contributed by atoms with van der Waals surface area (Å²) in [5, 5.41) is 10.9. The van der Waals surface area contributed by atoms with Crippen molar-refractivity contribution in [1.82, 2.24) is 0 Å². The van der Waals surface area contributed by atoms with Crippen LogP contribution < -0.4 is 5.11 Å². The van der Waals surface area contributed by atoms with E-state index in [2.05, 4.69) is 0 Å². The standard InChI is InChI=1S/C14H11F2I3O4/c15-14(16,12(21)22)13(3-1-2-4-13)23-11(20)8-5-7(17)6-9(18)10(8)19/h5-6H,1-4H2,(H,21,22)/p-1. The van der Waals surface area contributed by atoms with Crippen LogP contribution in [0, 0.1) is 10.7 Å². The lowest BCUT2D eigenvalue weighted by Crippen LogP contribution is -2.59. The van der Waals surface area contributed by atoms with Gasteiger partial charge in [-0.1, -0.05) is 0 Å². The van der Waals surface area contributed by atoms with Gasteiger partial charge >= 0.3 is 11.9 Å². The van der Waals surface area contributed by atoms with Crippen molar-refractivity contribution in [2.45, 2.75) is 37.2 Å². The lowest BCUT2D eigenvalue weighted by atomic mass is 9.93. The number of alkyl halides is 2. The van der Waals surface area contributed by atoms with Gasteiger partial charge in [-0.25, -0.2) is 4.79 Å². The molecule has 0 unspecified atom stereocenters. The number of rotatable bonds is 4. The van der Waals surface area contributed by atoms with E-state index in [1.165, 1.54) is 6.07 Å². The molecule has 9 heteroatoms. The van der Waals surface area contributed by atoms with Crippen molar-refractivity contribution in [2.75, 3.05) is 0 Å². The van der Waals surface area contributed by atoms with E-state index in [1.54, 1.807) is 0 Å². The summed E-state index contributed by atoms with van der Waals surface area (Å²) in [5.41, 5.74) is -2.18. The van der Waals surface area contributed by atoms with Gasteiger partial charge in [-0.05, 0) is 106 Å². The third-order valence-electron chi connectivity index (χ3n) is 3.74. The molecule has 1 aliphatic carbocycles. The predicted molar refractivity (Wildman–Crippen MR) is 101 cm³/mol. The fraction of sp³-hybridized carbons (Fsp3) is 0.429. The quantitative estimate of drug-likeness (QED) is 0.283. The number of hydrogen-bond donors (Lipinski definition) is 0. The molecule has 0 amide bonds. The normalized spacial score (nSPS) is 17.1. The Balaban J connectivity index is 2.39. The van der Waals surface area contributed by atoms with Crippen LogP contribution in [0.15, 0.2) is 12.1 Å². The Bertz CT molecular complexity index is 658. The van der Waals surface area contributed by atoms with E-state index in [0.29, 0.717) is 16.4 Å². The number of carboxylic acid groups (broad SMARTS) is 1. The van der Waals surface area contributed by atoms with Crippen LogP contribution in [0.4, 0.5) is 8.78 Å². The Morgan fingerprint density at radius 1 is 1.17 bits per heavy atom. The Labute approximate surface area is 172 Å². The van der Waals surface area contributed by atoms with Gasteiger partial charge in [0.15, 0.2) is 5.60 Å². The van der Waals surface area contributed by atoms with Crippen molar-refractivity contribution in [1.29, 1.82) is 0 Å². The highest BCUT2D eigenvalue weighted by molar-refractivity contribution is 14.1. The van der Waals surface area contributed by atoms with Crippen LogP contribution in [0.3, 0.4) is 0 Å². The maximum absolute atomic E-state index is 14.1. The van der Waals surface area contributed by atoms with Crippen molar-refractivity contribution in [2.24, 2.45) is 0 Å². The lowest BCUT2D eigenvalue weighted by Gasteiger charge is -2.37. The van der Waals surface area contributed by atoms with Crippen molar-refractivity contribution in [3.8, 4) is 0 Å². The second kappa shape index (κ2) is 7.22. The molecule has 23 heavy (non-hydrogen) atoms. The fourth-order valence-electron chi connectivity index (χ4n) is 2.55. The minimum absolute atomic E-state index is 0.155. The summed E-state index contributed by atoms with van der Waals surface area (Å²) in [4.78, 5) is 23.3. The van der Waals surface area contributed by atoms with Crippen LogP contribution in [0.1, 0.15) is 36.0 Å². The topological polar surface area (TPSA) is 66.4 Å². The maximum Gasteiger partial charge on any atom is 0.340 e. The van der Waals surface area contributed by atoms with E-state index in [-0.39, 0.29) is 18.4 Å². The van der Waals surface area contributed by atoms with Gasteiger partial charge < -0.3 is 14.6 Å². The van der Waals surface area contributed by atoms with Crippen molar-refractivity contribution in [3.05, 3.63) is 28.4 Å². The molecule has 1 aromatic rings. The fourth-order valence-corrected chi connectivity index (χ4v) is 4.93. The van der Waals surface area contributed by atoms with E-state index < -0.39 is 23.5 Å². The first-order valence-corrected chi connectivity index (χ1v) is 9.81. The maximum atomic E-state index is 14.1. The van der Waals surface area contributed by atoms with E-state index >= 15 is 0 Å². The monoisotopic (exact) mass is 661 g/mol. The number of carboxylic acids is 1. The van der Waals surface area contributed by atoms with Gasteiger partial charge in [0.25, 0.3) is 0 Å².